The lowest BCUT2D eigenvalue weighted by Gasteiger charge is -2.21. The minimum atomic E-state index is 0.631. The number of aromatic nitrogens is 1. The first-order chi connectivity index (χ1) is 9.74. The molecule has 1 unspecified atom stereocenters. The van der Waals surface area contributed by atoms with Crippen LogP contribution in [0.2, 0.25) is 5.02 Å². The summed E-state index contributed by atoms with van der Waals surface area (Å²) in [6.07, 6.45) is 4.41. The van der Waals surface area contributed by atoms with E-state index in [1.54, 1.807) is 0 Å². The summed E-state index contributed by atoms with van der Waals surface area (Å²) in [4.78, 5) is 6.86. The van der Waals surface area contributed by atoms with E-state index in [1.165, 1.54) is 18.4 Å². The number of hydrogen-bond acceptors (Lipinski definition) is 3. The lowest BCUT2D eigenvalue weighted by Crippen LogP contribution is -2.35. The number of halogens is 1. The van der Waals surface area contributed by atoms with E-state index >= 15 is 0 Å². The van der Waals surface area contributed by atoms with Crippen LogP contribution in [0.1, 0.15) is 18.4 Å². The van der Waals surface area contributed by atoms with E-state index < -0.39 is 0 Å². The molecule has 1 saturated heterocycles. The Morgan fingerprint density at radius 3 is 3.10 bits per heavy atom. The molecule has 0 saturated carbocycles. The van der Waals surface area contributed by atoms with E-state index in [4.69, 9.17) is 11.6 Å². The molecule has 0 radical (unpaired) electrons. The molecule has 2 heterocycles. The van der Waals surface area contributed by atoms with Crippen LogP contribution in [-0.2, 0) is 6.54 Å². The highest BCUT2D eigenvalue weighted by Gasteiger charge is 2.16. The fourth-order valence-electron chi connectivity index (χ4n) is 2.97. The van der Waals surface area contributed by atoms with Gasteiger partial charge >= 0.3 is 0 Å². The molecule has 3 rings (SSSR count). The number of hydrogen-bond donors (Lipinski definition) is 1. The lowest BCUT2D eigenvalue weighted by atomic mass is 10.1. The van der Waals surface area contributed by atoms with Gasteiger partial charge in [0.2, 0.25) is 0 Å². The number of rotatable bonds is 4. The van der Waals surface area contributed by atoms with E-state index in [0.29, 0.717) is 6.04 Å². The average Bonchev–Trinajstić information content (AvgIpc) is 2.95. The second kappa shape index (κ2) is 6.08. The van der Waals surface area contributed by atoms with Crippen molar-refractivity contribution in [1.29, 1.82) is 0 Å². The Morgan fingerprint density at radius 1 is 1.40 bits per heavy atom. The zero-order valence-electron chi connectivity index (χ0n) is 11.8. The minimum absolute atomic E-state index is 0.631. The van der Waals surface area contributed by atoms with Crippen LogP contribution in [0.15, 0.2) is 30.5 Å². The van der Waals surface area contributed by atoms with E-state index in [1.807, 2.05) is 24.4 Å². The first-order valence-electron chi connectivity index (χ1n) is 7.18. The molecule has 1 fully saturated rings. The highest BCUT2D eigenvalue weighted by atomic mass is 35.5. The molecule has 0 bridgehead atoms. The quantitative estimate of drug-likeness (QED) is 0.937. The number of benzene rings is 1. The SMILES string of the molecule is CN(Cc1ccc(Cl)c2cccnc12)CC1CCCN1. The normalized spacial score (nSPS) is 19.1. The topological polar surface area (TPSA) is 28.2 Å². The van der Waals surface area contributed by atoms with Crippen molar-refractivity contribution in [2.75, 3.05) is 20.1 Å². The number of pyridine rings is 1. The summed E-state index contributed by atoms with van der Waals surface area (Å²) in [6.45, 7) is 3.14. The molecule has 0 amide bonds. The molecule has 1 aliphatic heterocycles. The number of fused-ring (bicyclic) bond motifs is 1. The van der Waals surface area contributed by atoms with Crippen molar-refractivity contribution in [2.45, 2.75) is 25.4 Å². The third-order valence-electron chi connectivity index (χ3n) is 3.93. The summed E-state index contributed by atoms with van der Waals surface area (Å²) < 4.78 is 0. The Kier molecular flexibility index (Phi) is 4.20. The monoisotopic (exact) mass is 289 g/mol. The van der Waals surface area contributed by atoms with Crippen molar-refractivity contribution >= 4 is 22.5 Å². The van der Waals surface area contributed by atoms with Gasteiger partial charge in [0.15, 0.2) is 0 Å². The Balaban J connectivity index is 1.78. The van der Waals surface area contributed by atoms with Gasteiger partial charge in [-0.1, -0.05) is 17.7 Å². The Hall–Kier alpha value is -1.16. The molecular formula is C16H20ClN3. The maximum atomic E-state index is 6.24. The van der Waals surface area contributed by atoms with Crippen molar-refractivity contribution in [3.63, 3.8) is 0 Å². The van der Waals surface area contributed by atoms with E-state index in [-0.39, 0.29) is 0 Å². The Morgan fingerprint density at radius 2 is 2.30 bits per heavy atom. The second-order valence-corrected chi connectivity index (χ2v) is 6.00. The average molecular weight is 290 g/mol. The smallest absolute Gasteiger partial charge is 0.0761 e. The van der Waals surface area contributed by atoms with E-state index in [2.05, 4.69) is 28.3 Å². The van der Waals surface area contributed by atoms with Crippen molar-refractivity contribution in [3.8, 4) is 0 Å². The highest BCUT2D eigenvalue weighted by Crippen LogP contribution is 2.25. The predicted molar refractivity (Wildman–Crippen MR) is 84.1 cm³/mol. The van der Waals surface area contributed by atoms with Gasteiger partial charge in [0.05, 0.1) is 5.52 Å². The second-order valence-electron chi connectivity index (χ2n) is 5.60. The van der Waals surface area contributed by atoms with Crippen molar-refractivity contribution in [1.82, 2.24) is 15.2 Å². The lowest BCUT2D eigenvalue weighted by molar-refractivity contribution is 0.294. The molecule has 1 N–H and O–H groups in total. The summed E-state index contributed by atoms with van der Waals surface area (Å²) in [5, 5.41) is 5.36. The molecule has 106 valence electrons. The fourth-order valence-corrected chi connectivity index (χ4v) is 3.18. The van der Waals surface area contributed by atoms with Crippen molar-refractivity contribution in [2.24, 2.45) is 0 Å². The molecule has 1 aliphatic rings. The standard InChI is InChI=1S/C16H20ClN3/c1-20(11-13-4-2-8-18-13)10-12-6-7-15(17)14-5-3-9-19-16(12)14/h3,5-7,9,13,18H,2,4,8,10-11H2,1H3. The number of likely N-dealkylation sites (N-methyl/N-ethyl adjacent to an activating group) is 1. The summed E-state index contributed by atoms with van der Waals surface area (Å²) in [6, 6.07) is 8.67. The van der Waals surface area contributed by atoms with Gasteiger partial charge in [-0.2, -0.15) is 0 Å². The molecule has 1 aromatic heterocycles. The van der Waals surface area contributed by atoms with Gasteiger partial charge in [-0.3, -0.25) is 4.98 Å². The summed E-state index contributed by atoms with van der Waals surface area (Å²) in [5.74, 6) is 0. The van der Waals surface area contributed by atoms with Crippen LogP contribution in [-0.4, -0.2) is 36.1 Å². The number of nitrogens with one attached hydrogen (secondary N) is 1. The minimum Gasteiger partial charge on any atom is -0.313 e. The Labute approximate surface area is 124 Å². The highest BCUT2D eigenvalue weighted by molar-refractivity contribution is 6.35. The van der Waals surface area contributed by atoms with Crippen LogP contribution in [0.4, 0.5) is 0 Å². The van der Waals surface area contributed by atoms with Crippen LogP contribution in [0, 0.1) is 0 Å². The molecule has 0 aliphatic carbocycles. The summed E-state index contributed by atoms with van der Waals surface area (Å²) >= 11 is 6.24. The summed E-state index contributed by atoms with van der Waals surface area (Å²) in [7, 11) is 2.17. The molecule has 20 heavy (non-hydrogen) atoms. The zero-order valence-corrected chi connectivity index (χ0v) is 12.5. The van der Waals surface area contributed by atoms with Crippen LogP contribution in [0.5, 0.6) is 0 Å². The first kappa shape index (κ1) is 13.8. The molecule has 4 heteroatoms. The van der Waals surface area contributed by atoms with Gasteiger partial charge in [0.1, 0.15) is 0 Å². The van der Waals surface area contributed by atoms with E-state index in [9.17, 15) is 0 Å². The van der Waals surface area contributed by atoms with Crippen LogP contribution >= 0.6 is 11.6 Å². The zero-order chi connectivity index (χ0) is 13.9. The molecule has 1 aromatic carbocycles. The van der Waals surface area contributed by atoms with Gasteiger partial charge in [-0.25, -0.2) is 0 Å². The molecule has 0 spiro atoms. The van der Waals surface area contributed by atoms with E-state index in [0.717, 1.165) is 35.6 Å². The number of nitrogens with zero attached hydrogens (tertiary/aromatic N) is 2. The van der Waals surface area contributed by atoms with Gasteiger partial charge < -0.3 is 10.2 Å². The molecule has 2 aromatic rings. The fraction of sp³-hybridized carbons (Fsp3) is 0.438. The maximum Gasteiger partial charge on any atom is 0.0761 e. The van der Waals surface area contributed by atoms with Gasteiger partial charge in [0.25, 0.3) is 0 Å². The van der Waals surface area contributed by atoms with Crippen molar-refractivity contribution < 1.29 is 0 Å². The largest absolute Gasteiger partial charge is 0.313 e. The molecular weight excluding hydrogens is 270 g/mol. The van der Waals surface area contributed by atoms with Gasteiger partial charge in [-0.05, 0) is 50.2 Å². The third-order valence-corrected chi connectivity index (χ3v) is 4.26. The maximum absolute atomic E-state index is 6.24. The summed E-state index contributed by atoms with van der Waals surface area (Å²) in [5.41, 5.74) is 2.26. The predicted octanol–water partition coefficient (Wildman–Crippen LogP) is 3.07. The Bertz CT molecular complexity index is 593. The first-order valence-corrected chi connectivity index (χ1v) is 7.56. The van der Waals surface area contributed by atoms with Gasteiger partial charge in [-0.15, -0.1) is 0 Å². The van der Waals surface area contributed by atoms with Crippen molar-refractivity contribution in [3.05, 3.63) is 41.0 Å². The third kappa shape index (κ3) is 2.95. The van der Waals surface area contributed by atoms with Crippen LogP contribution in [0.25, 0.3) is 10.9 Å². The van der Waals surface area contributed by atoms with Gasteiger partial charge in [0, 0.05) is 35.7 Å². The molecule has 1 atom stereocenters. The molecule has 3 nitrogen and oxygen atoms in total. The van der Waals surface area contributed by atoms with Crippen LogP contribution in [0.3, 0.4) is 0 Å². The van der Waals surface area contributed by atoms with Crippen LogP contribution < -0.4 is 5.32 Å².